The number of nitriles is 1. The largest absolute Gasteiger partial charge is 0.514 e. The molecule has 0 aliphatic carbocycles. The van der Waals surface area contributed by atoms with Crippen molar-refractivity contribution in [2.24, 2.45) is 0 Å². The normalized spacial score (nSPS) is 8.94. The molecule has 0 heterocycles. The van der Waals surface area contributed by atoms with Crippen LogP contribution in [0.4, 0.5) is 9.59 Å². The highest BCUT2D eigenvalue weighted by molar-refractivity contribution is 5.79. The zero-order chi connectivity index (χ0) is 12.0. The van der Waals surface area contributed by atoms with Crippen LogP contribution in [-0.2, 0) is 11.3 Å². The second-order valence-corrected chi connectivity index (χ2v) is 2.82. The fraction of sp³-hybridized carbons (Fsp3) is 0.100. The van der Waals surface area contributed by atoms with E-state index in [1.54, 1.807) is 24.3 Å². The van der Waals surface area contributed by atoms with Crippen molar-refractivity contribution < 1.29 is 19.4 Å². The minimum Gasteiger partial charge on any atom is -0.449 e. The molecular formula is C10H8N2O4. The fourth-order valence-corrected chi connectivity index (χ4v) is 0.987. The Labute approximate surface area is 91.1 Å². The Morgan fingerprint density at radius 1 is 1.38 bits per heavy atom. The third kappa shape index (κ3) is 3.67. The average Bonchev–Trinajstić information content (AvgIpc) is 2.26. The quantitative estimate of drug-likeness (QED) is 0.580. The van der Waals surface area contributed by atoms with Gasteiger partial charge in [-0.1, -0.05) is 12.1 Å². The van der Waals surface area contributed by atoms with Gasteiger partial charge in [0, 0.05) is 6.54 Å². The monoisotopic (exact) mass is 220 g/mol. The van der Waals surface area contributed by atoms with Crippen molar-refractivity contribution in [2.75, 3.05) is 0 Å². The number of carboxylic acid groups (broad SMARTS) is 1. The molecule has 6 heteroatoms. The molecule has 6 nitrogen and oxygen atoms in total. The molecule has 1 amide bonds. The molecule has 0 aliphatic heterocycles. The first-order chi connectivity index (χ1) is 7.61. The third-order valence-electron chi connectivity index (χ3n) is 1.70. The molecule has 82 valence electrons. The van der Waals surface area contributed by atoms with Gasteiger partial charge in [-0.25, -0.2) is 9.59 Å². The van der Waals surface area contributed by atoms with Crippen LogP contribution in [-0.4, -0.2) is 17.4 Å². The molecule has 0 bridgehead atoms. The van der Waals surface area contributed by atoms with E-state index in [-0.39, 0.29) is 6.54 Å². The number of hydrogen-bond donors (Lipinski definition) is 2. The molecule has 0 atom stereocenters. The summed E-state index contributed by atoms with van der Waals surface area (Å²) in [4.78, 5) is 20.8. The number of carbonyl (C=O) groups is 2. The lowest BCUT2D eigenvalue weighted by Gasteiger charge is -2.03. The lowest BCUT2D eigenvalue weighted by Crippen LogP contribution is -2.25. The van der Waals surface area contributed by atoms with Crippen LogP contribution >= 0.6 is 0 Å². The molecule has 1 aromatic rings. The summed E-state index contributed by atoms with van der Waals surface area (Å²) in [7, 11) is 0. The number of hydrogen-bond acceptors (Lipinski definition) is 4. The van der Waals surface area contributed by atoms with E-state index in [1.165, 1.54) is 0 Å². The van der Waals surface area contributed by atoms with Crippen molar-refractivity contribution in [2.45, 2.75) is 6.54 Å². The Morgan fingerprint density at radius 2 is 2.00 bits per heavy atom. The minimum atomic E-state index is -1.66. The Balaban J connectivity index is 2.46. The molecule has 0 aromatic heterocycles. The van der Waals surface area contributed by atoms with Gasteiger partial charge in [0.2, 0.25) is 0 Å². The summed E-state index contributed by atoms with van der Waals surface area (Å²) >= 11 is 0. The lowest BCUT2D eigenvalue weighted by molar-refractivity contribution is 0.109. The molecule has 0 aliphatic rings. The van der Waals surface area contributed by atoms with Gasteiger partial charge in [0.1, 0.15) is 0 Å². The molecule has 1 aromatic carbocycles. The van der Waals surface area contributed by atoms with Crippen LogP contribution in [0.5, 0.6) is 0 Å². The molecular weight excluding hydrogens is 212 g/mol. The van der Waals surface area contributed by atoms with Crippen LogP contribution in [0, 0.1) is 11.3 Å². The van der Waals surface area contributed by atoms with Gasteiger partial charge in [-0.3, -0.25) is 0 Å². The number of alkyl carbamates (subject to hydrolysis) is 1. The molecule has 0 saturated heterocycles. The zero-order valence-electron chi connectivity index (χ0n) is 8.14. The van der Waals surface area contributed by atoms with Crippen molar-refractivity contribution in [3.8, 4) is 6.07 Å². The third-order valence-corrected chi connectivity index (χ3v) is 1.70. The molecule has 16 heavy (non-hydrogen) atoms. The van der Waals surface area contributed by atoms with E-state index in [9.17, 15) is 9.59 Å². The van der Waals surface area contributed by atoms with Crippen LogP contribution in [0.1, 0.15) is 11.1 Å². The highest BCUT2D eigenvalue weighted by Gasteiger charge is 2.06. The van der Waals surface area contributed by atoms with Crippen molar-refractivity contribution >= 4 is 12.2 Å². The highest BCUT2D eigenvalue weighted by Crippen LogP contribution is 2.02. The maximum atomic E-state index is 10.8. The van der Waals surface area contributed by atoms with E-state index in [1.807, 2.05) is 6.07 Å². The number of ether oxygens (including phenoxy) is 1. The van der Waals surface area contributed by atoms with E-state index in [0.29, 0.717) is 5.56 Å². The second kappa shape index (κ2) is 5.36. The van der Waals surface area contributed by atoms with Gasteiger partial charge >= 0.3 is 12.2 Å². The molecule has 0 radical (unpaired) electrons. The van der Waals surface area contributed by atoms with Crippen LogP contribution in [0.3, 0.4) is 0 Å². The maximum Gasteiger partial charge on any atom is 0.514 e. The number of nitrogens with one attached hydrogen (secondary N) is 1. The zero-order valence-corrected chi connectivity index (χ0v) is 8.14. The molecule has 0 fully saturated rings. The molecule has 0 saturated carbocycles. The second-order valence-electron chi connectivity index (χ2n) is 2.82. The van der Waals surface area contributed by atoms with Crippen molar-refractivity contribution in [1.82, 2.24) is 5.32 Å². The van der Waals surface area contributed by atoms with Gasteiger partial charge in [-0.15, -0.1) is 0 Å². The van der Waals surface area contributed by atoms with E-state index in [0.717, 1.165) is 5.56 Å². The fourth-order valence-electron chi connectivity index (χ4n) is 0.987. The molecule has 1 rings (SSSR count). The summed E-state index contributed by atoms with van der Waals surface area (Å²) in [6.07, 6.45) is -2.69. The average molecular weight is 220 g/mol. The Bertz CT molecular complexity index is 433. The maximum absolute atomic E-state index is 10.8. The van der Waals surface area contributed by atoms with Crippen molar-refractivity contribution in [3.05, 3.63) is 35.4 Å². The van der Waals surface area contributed by atoms with Crippen LogP contribution in [0.2, 0.25) is 0 Å². The first kappa shape index (κ1) is 11.5. The van der Waals surface area contributed by atoms with E-state index < -0.39 is 12.2 Å². The van der Waals surface area contributed by atoms with Gasteiger partial charge < -0.3 is 15.2 Å². The smallest absolute Gasteiger partial charge is 0.449 e. The summed E-state index contributed by atoms with van der Waals surface area (Å²) in [5, 5.41) is 18.9. The van der Waals surface area contributed by atoms with E-state index >= 15 is 0 Å². The number of rotatable bonds is 2. The van der Waals surface area contributed by atoms with E-state index in [4.69, 9.17) is 10.4 Å². The summed E-state index contributed by atoms with van der Waals surface area (Å²) < 4.78 is 3.83. The first-order valence-corrected chi connectivity index (χ1v) is 4.29. The lowest BCUT2D eigenvalue weighted by atomic mass is 10.1. The van der Waals surface area contributed by atoms with Gasteiger partial charge in [0.05, 0.1) is 11.6 Å². The molecule has 0 unspecified atom stereocenters. The first-order valence-electron chi connectivity index (χ1n) is 4.29. The number of benzene rings is 1. The van der Waals surface area contributed by atoms with Crippen molar-refractivity contribution in [3.63, 3.8) is 0 Å². The van der Waals surface area contributed by atoms with Gasteiger partial charge in [0.25, 0.3) is 0 Å². The Kier molecular flexibility index (Phi) is 3.86. The number of nitrogens with zero attached hydrogens (tertiary/aromatic N) is 1. The predicted octanol–water partition coefficient (Wildman–Crippen LogP) is 1.46. The minimum absolute atomic E-state index is 0.137. The SMILES string of the molecule is N#Cc1ccc(CNC(=O)OC(=O)O)cc1. The highest BCUT2D eigenvalue weighted by atomic mass is 16.7. The summed E-state index contributed by atoms with van der Waals surface area (Å²) in [5.41, 5.74) is 1.25. The van der Waals surface area contributed by atoms with Gasteiger partial charge in [-0.05, 0) is 17.7 Å². The standard InChI is InChI=1S/C10H8N2O4/c11-5-7-1-3-8(4-2-7)6-12-9(13)16-10(14)15/h1-4H,6H2,(H,12,13)(H,14,15). The summed E-state index contributed by atoms with van der Waals surface area (Å²) in [6, 6.07) is 8.45. The topological polar surface area (TPSA) is 99.4 Å². The molecule has 0 spiro atoms. The van der Waals surface area contributed by atoms with Crippen LogP contribution < -0.4 is 5.32 Å². The number of amides is 1. The number of carbonyl (C=O) groups excluding carboxylic acids is 1. The Hall–Kier alpha value is -2.55. The van der Waals surface area contributed by atoms with Gasteiger partial charge in [-0.2, -0.15) is 5.26 Å². The van der Waals surface area contributed by atoms with Gasteiger partial charge in [0.15, 0.2) is 0 Å². The van der Waals surface area contributed by atoms with Crippen LogP contribution in [0.15, 0.2) is 24.3 Å². The predicted molar refractivity (Wildman–Crippen MR) is 52.5 cm³/mol. The summed E-state index contributed by atoms with van der Waals surface area (Å²) in [6.45, 7) is 0.137. The van der Waals surface area contributed by atoms with E-state index in [2.05, 4.69) is 10.1 Å². The summed E-state index contributed by atoms with van der Waals surface area (Å²) in [5.74, 6) is 0. The van der Waals surface area contributed by atoms with Crippen LogP contribution in [0.25, 0.3) is 0 Å². The Morgan fingerprint density at radius 3 is 2.50 bits per heavy atom. The molecule has 2 N–H and O–H groups in total. The van der Waals surface area contributed by atoms with Crippen molar-refractivity contribution in [1.29, 1.82) is 5.26 Å².